The van der Waals surface area contributed by atoms with Gasteiger partial charge in [-0.25, -0.2) is 9.59 Å². The Balaban J connectivity index is 1.62. The van der Waals surface area contributed by atoms with Crippen molar-refractivity contribution >= 4 is 23.9 Å². The SMILES string of the molecule is COC(=O)C=C[C@@]12COC(C)(C)[C@@H]1[C@@H](OC(C)=O)[C@@H](OC(C)=O)[C@]1(C)[C@@H]2CC[C@@]2(C)[C@H](c3ccoc3)OC(=O)[C@H]3O[C@@]312. The maximum atomic E-state index is 13.5. The number of ether oxygens (including phenoxy) is 6. The Kier molecular flexibility index (Phi) is 6.31. The van der Waals surface area contributed by atoms with Crippen molar-refractivity contribution in [2.75, 3.05) is 13.7 Å². The number of carbonyl (C=O) groups excluding carboxylic acids is 4. The van der Waals surface area contributed by atoms with Crippen LogP contribution >= 0.6 is 0 Å². The van der Waals surface area contributed by atoms with Crippen LogP contribution in [0.4, 0.5) is 0 Å². The topological polar surface area (TPSA) is 140 Å². The molecule has 0 N–H and O–H groups in total. The number of fused-ring (bicyclic) bond motifs is 3. The van der Waals surface area contributed by atoms with Crippen molar-refractivity contribution in [3.8, 4) is 0 Å². The smallest absolute Gasteiger partial charge is 0.339 e. The van der Waals surface area contributed by atoms with Gasteiger partial charge in [0.2, 0.25) is 0 Å². The summed E-state index contributed by atoms with van der Waals surface area (Å²) < 4.78 is 41.6. The molecule has 4 heterocycles. The zero-order valence-corrected chi connectivity index (χ0v) is 25.0. The molecule has 0 unspecified atom stereocenters. The minimum atomic E-state index is -1.16. The van der Waals surface area contributed by atoms with Crippen LogP contribution in [0.15, 0.2) is 35.2 Å². The van der Waals surface area contributed by atoms with Gasteiger partial charge in [0.15, 0.2) is 6.10 Å². The first-order chi connectivity index (χ1) is 19.7. The zero-order valence-electron chi connectivity index (χ0n) is 25.0. The highest BCUT2D eigenvalue weighted by Gasteiger charge is 2.90. The van der Waals surface area contributed by atoms with Gasteiger partial charge in [-0.2, -0.15) is 0 Å². The molecule has 42 heavy (non-hydrogen) atoms. The monoisotopic (exact) mass is 586 g/mol. The van der Waals surface area contributed by atoms with E-state index in [9.17, 15) is 19.2 Å². The highest BCUT2D eigenvalue weighted by Crippen LogP contribution is 2.80. The molecule has 0 bridgehead atoms. The second-order valence-electron chi connectivity index (χ2n) is 13.3. The highest BCUT2D eigenvalue weighted by molar-refractivity contribution is 5.83. The van der Waals surface area contributed by atoms with Crippen molar-refractivity contribution in [3.05, 3.63) is 36.3 Å². The third kappa shape index (κ3) is 3.52. The molecule has 0 amide bonds. The predicted octanol–water partition coefficient (Wildman–Crippen LogP) is 3.46. The number of esters is 4. The van der Waals surface area contributed by atoms with Crippen LogP contribution in [-0.4, -0.2) is 67.1 Å². The van der Waals surface area contributed by atoms with Gasteiger partial charge in [0.05, 0.1) is 31.8 Å². The Morgan fingerprint density at radius 2 is 1.76 bits per heavy atom. The summed E-state index contributed by atoms with van der Waals surface area (Å²) in [6, 6.07) is 1.77. The van der Waals surface area contributed by atoms with E-state index in [0.29, 0.717) is 18.4 Å². The third-order valence-electron chi connectivity index (χ3n) is 11.0. The van der Waals surface area contributed by atoms with Gasteiger partial charge in [-0.05, 0) is 38.7 Å². The lowest BCUT2D eigenvalue weighted by Gasteiger charge is -2.67. The van der Waals surface area contributed by atoms with E-state index in [-0.39, 0.29) is 12.5 Å². The van der Waals surface area contributed by atoms with Crippen molar-refractivity contribution in [2.45, 2.75) is 90.0 Å². The Bertz CT molecular complexity index is 1350. The Labute approximate surface area is 244 Å². The van der Waals surface area contributed by atoms with E-state index in [1.165, 1.54) is 33.3 Å². The number of rotatable bonds is 5. The van der Waals surface area contributed by atoms with Crippen LogP contribution in [0.3, 0.4) is 0 Å². The van der Waals surface area contributed by atoms with Crippen molar-refractivity contribution in [2.24, 2.45) is 28.1 Å². The molecule has 6 rings (SSSR count). The van der Waals surface area contributed by atoms with Gasteiger partial charge in [0.1, 0.15) is 23.9 Å². The minimum Gasteiger partial charge on any atom is -0.472 e. The van der Waals surface area contributed by atoms with Crippen LogP contribution in [0.1, 0.15) is 66.1 Å². The summed E-state index contributed by atoms with van der Waals surface area (Å²) in [4.78, 5) is 51.5. The number of epoxide rings is 1. The number of cyclic esters (lactones) is 1. The number of furan rings is 1. The van der Waals surface area contributed by atoms with Gasteiger partial charge in [0.25, 0.3) is 0 Å². The van der Waals surface area contributed by atoms with Gasteiger partial charge in [-0.3, -0.25) is 9.59 Å². The second-order valence-corrected chi connectivity index (χ2v) is 13.3. The lowest BCUT2D eigenvalue weighted by Crippen LogP contribution is -2.76. The summed E-state index contributed by atoms with van der Waals surface area (Å²) in [5.41, 5.74) is -4.05. The molecule has 1 aromatic heterocycles. The van der Waals surface area contributed by atoms with E-state index in [1.54, 1.807) is 12.3 Å². The third-order valence-corrected chi connectivity index (χ3v) is 11.0. The van der Waals surface area contributed by atoms with Crippen molar-refractivity contribution < 1.29 is 52.0 Å². The van der Waals surface area contributed by atoms with E-state index in [0.717, 1.165) is 0 Å². The number of hydrogen-bond donors (Lipinski definition) is 0. The van der Waals surface area contributed by atoms with Gasteiger partial charge in [-0.1, -0.05) is 19.9 Å². The molecule has 5 aliphatic rings. The van der Waals surface area contributed by atoms with Crippen molar-refractivity contribution in [1.29, 1.82) is 0 Å². The minimum absolute atomic E-state index is 0.204. The summed E-state index contributed by atoms with van der Waals surface area (Å²) in [6.45, 7) is 10.6. The Morgan fingerprint density at radius 1 is 1.05 bits per heavy atom. The lowest BCUT2D eigenvalue weighted by molar-refractivity contribution is -0.274. The van der Waals surface area contributed by atoms with Crippen LogP contribution in [0.25, 0.3) is 0 Å². The van der Waals surface area contributed by atoms with E-state index in [4.69, 9.17) is 32.8 Å². The van der Waals surface area contributed by atoms with E-state index in [1.807, 2.05) is 33.8 Å². The summed E-state index contributed by atoms with van der Waals surface area (Å²) >= 11 is 0. The molecule has 228 valence electrons. The number of methoxy groups -OCH3 is 1. The fourth-order valence-corrected chi connectivity index (χ4v) is 9.67. The molecule has 3 aliphatic heterocycles. The van der Waals surface area contributed by atoms with Crippen LogP contribution < -0.4 is 0 Å². The molecule has 5 fully saturated rings. The van der Waals surface area contributed by atoms with Gasteiger partial charge in [0, 0.05) is 47.6 Å². The quantitative estimate of drug-likeness (QED) is 0.217. The fourth-order valence-electron chi connectivity index (χ4n) is 9.67. The maximum absolute atomic E-state index is 13.5. The molecule has 2 aliphatic carbocycles. The molecule has 10 atom stereocenters. The summed E-state index contributed by atoms with van der Waals surface area (Å²) in [5.74, 6) is -3.02. The molecular formula is C31H38O11. The molecular weight excluding hydrogens is 548 g/mol. The molecule has 1 aromatic rings. The van der Waals surface area contributed by atoms with Gasteiger partial charge < -0.3 is 32.8 Å². The second kappa shape index (κ2) is 9.16. The van der Waals surface area contributed by atoms with Crippen LogP contribution in [0, 0.1) is 28.1 Å². The Hall–Kier alpha value is -3.18. The van der Waals surface area contributed by atoms with E-state index < -0.39 is 81.7 Å². The average molecular weight is 587 g/mol. The maximum Gasteiger partial charge on any atom is 0.339 e. The highest BCUT2D eigenvalue weighted by atomic mass is 16.7. The van der Waals surface area contributed by atoms with E-state index in [2.05, 4.69) is 0 Å². The zero-order chi connectivity index (χ0) is 30.5. The largest absolute Gasteiger partial charge is 0.472 e. The lowest BCUT2D eigenvalue weighted by atomic mass is 9.37. The first-order valence-corrected chi connectivity index (χ1v) is 14.4. The van der Waals surface area contributed by atoms with Crippen LogP contribution in [0.5, 0.6) is 0 Å². The van der Waals surface area contributed by atoms with Crippen molar-refractivity contribution in [3.63, 3.8) is 0 Å². The number of hydrogen-bond acceptors (Lipinski definition) is 11. The molecule has 3 saturated heterocycles. The average Bonchev–Trinajstić information content (AvgIpc) is 3.37. The Morgan fingerprint density at radius 3 is 2.38 bits per heavy atom. The molecule has 2 saturated carbocycles. The molecule has 1 spiro atoms. The van der Waals surface area contributed by atoms with Crippen LogP contribution in [0.2, 0.25) is 0 Å². The summed E-state index contributed by atoms with van der Waals surface area (Å²) in [7, 11) is 1.30. The van der Waals surface area contributed by atoms with Crippen molar-refractivity contribution in [1.82, 2.24) is 0 Å². The fraction of sp³-hybridized carbons (Fsp3) is 0.677. The summed E-state index contributed by atoms with van der Waals surface area (Å²) in [6.07, 6.45) is 3.84. The van der Waals surface area contributed by atoms with Gasteiger partial charge >= 0.3 is 23.9 Å². The molecule has 11 nitrogen and oxygen atoms in total. The van der Waals surface area contributed by atoms with E-state index >= 15 is 0 Å². The predicted molar refractivity (Wildman–Crippen MR) is 142 cm³/mol. The number of carbonyl (C=O) groups is 4. The first-order valence-electron chi connectivity index (χ1n) is 14.4. The van der Waals surface area contributed by atoms with Crippen LogP contribution in [-0.2, 0) is 47.6 Å². The standard InChI is InChI=1S/C31H38O11/c1-16(32)39-21-22-27(3,4)38-15-30(22,12-9-20(34)36-7)19-8-11-28(5)23(18-10-13-37-14-18)41-26(35)25-31(28,42-25)29(19,6)24(21)40-17(2)33/h9-10,12-14,19,21-25H,8,11,15H2,1-7H3/t19-,21+,22-,23-,24+,25+,28-,29-,30-,31+/m0/s1. The normalized spacial score (nSPS) is 44.6. The van der Waals surface area contributed by atoms with Gasteiger partial charge in [-0.15, -0.1) is 0 Å². The molecule has 0 radical (unpaired) electrons. The molecule has 0 aromatic carbocycles. The summed E-state index contributed by atoms with van der Waals surface area (Å²) in [5, 5.41) is 0. The molecule has 11 heteroatoms. The first kappa shape index (κ1) is 28.9.